The molecule has 6 rings (SSSR count). The first kappa shape index (κ1) is 30.2. The van der Waals surface area contributed by atoms with Crippen molar-refractivity contribution in [2.45, 2.75) is 81.4 Å². The van der Waals surface area contributed by atoms with Crippen LogP contribution in [0.1, 0.15) is 43.2 Å². The van der Waals surface area contributed by atoms with Crippen LogP contribution in [0, 0.1) is 17.2 Å². The number of ether oxygens (including phenoxy) is 3. The molecule has 6 unspecified atom stereocenters. The topological polar surface area (TPSA) is 119 Å². The number of piperazine rings is 1. The molecule has 11 nitrogen and oxygen atoms in total. The molecule has 1 saturated carbocycles. The summed E-state index contributed by atoms with van der Waals surface area (Å²) in [7, 11) is 3.78. The van der Waals surface area contributed by atoms with E-state index in [-0.39, 0.29) is 36.2 Å². The molecule has 4 heterocycles. The molecular formula is C32H44N6O5. The summed E-state index contributed by atoms with van der Waals surface area (Å²) >= 11 is 0. The van der Waals surface area contributed by atoms with Crippen LogP contribution in [-0.2, 0) is 32.1 Å². The number of nitriles is 1. The SMILES string of the molecule is C=CC(=O)N1CCN(C2NC(OCC3CCCN3C)NC3C(=O)[C@]4(CCC32)Cc2ccc(OC)cc2CO4)CC1CC#N. The zero-order valence-corrected chi connectivity index (χ0v) is 25.3. The van der Waals surface area contributed by atoms with E-state index in [2.05, 4.69) is 46.2 Å². The quantitative estimate of drug-likeness (QED) is 0.450. The van der Waals surface area contributed by atoms with E-state index in [4.69, 9.17) is 14.2 Å². The van der Waals surface area contributed by atoms with E-state index in [9.17, 15) is 14.9 Å². The number of nitrogens with zero attached hydrogens (tertiary/aromatic N) is 4. The van der Waals surface area contributed by atoms with E-state index in [1.165, 1.54) is 6.08 Å². The van der Waals surface area contributed by atoms with Crippen LogP contribution in [0.3, 0.4) is 0 Å². The Bertz CT molecular complexity index is 1270. The van der Waals surface area contributed by atoms with E-state index < -0.39 is 18.0 Å². The molecule has 1 aliphatic carbocycles. The van der Waals surface area contributed by atoms with Crippen molar-refractivity contribution in [1.29, 1.82) is 5.26 Å². The number of methoxy groups -OCH3 is 1. The van der Waals surface area contributed by atoms with Gasteiger partial charge in [0.15, 0.2) is 12.1 Å². The minimum atomic E-state index is -0.883. The summed E-state index contributed by atoms with van der Waals surface area (Å²) in [5.41, 5.74) is 1.31. The molecule has 5 aliphatic rings. The summed E-state index contributed by atoms with van der Waals surface area (Å²) in [5.74, 6) is 0.698. The number of fused-ring (bicyclic) bond motifs is 2. The largest absolute Gasteiger partial charge is 0.497 e. The number of nitrogens with one attached hydrogen (secondary N) is 2. The Morgan fingerprint density at radius 1 is 1.23 bits per heavy atom. The van der Waals surface area contributed by atoms with Gasteiger partial charge in [0.25, 0.3) is 0 Å². The second-order valence-corrected chi connectivity index (χ2v) is 12.7. The minimum absolute atomic E-state index is 0.0163. The standard InChI is InChI=1S/C32H44N6O5/c1-4-27(39)38-15-14-37(18-23(38)10-12-33)30-26-9-11-32(17-21-7-8-25(41-3)16-22(21)19-43-32)29(40)28(26)34-31(35-30)42-20-24-6-5-13-36(24)2/h4,7-8,16,23-24,26,28,30-31,34-35H,1,5-6,9-11,13-15,17-20H2,2-3H3/t23?,24?,26?,28?,30?,31?,32-/m0/s1. The Balaban J connectivity index is 1.24. The smallest absolute Gasteiger partial charge is 0.246 e. The van der Waals surface area contributed by atoms with E-state index in [1.807, 2.05) is 12.1 Å². The van der Waals surface area contributed by atoms with Crippen molar-refractivity contribution in [3.05, 3.63) is 42.0 Å². The van der Waals surface area contributed by atoms with Gasteiger partial charge < -0.3 is 24.0 Å². The van der Waals surface area contributed by atoms with Crippen LogP contribution >= 0.6 is 0 Å². The van der Waals surface area contributed by atoms with Gasteiger partial charge in [0, 0.05) is 38.0 Å². The average molecular weight is 593 g/mol. The van der Waals surface area contributed by atoms with Crippen LogP contribution in [0.2, 0.25) is 0 Å². The van der Waals surface area contributed by atoms with Gasteiger partial charge in [-0.3, -0.25) is 25.1 Å². The van der Waals surface area contributed by atoms with Crippen LogP contribution in [0.15, 0.2) is 30.9 Å². The van der Waals surface area contributed by atoms with Crippen molar-refractivity contribution in [1.82, 2.24) is 25.3 Å². The van der Waals surface area contributed by atoms with Crippen molar-refractivity contribution < 1.29 is 23.8 Å². The molecule has 4 aliphatic heterocycles. The number of hydrogen-bond donors (Lipinski definition) is 2. The van der Waals surface area contributed by atoms with Crippen LogP contribution in [-0.4, -0.2) is 110 Å². The molecule has 3 saturated heterocycles. The number of hydrogen-bond acceptors (Lipinski definition) is 10. The molecule has 1 aromatic carbocycles. The molecule has 232 valence electrons. The number of likely N-dealkylation sites (tertiary alicyclic amines) is 1. The average Bonchev–Trinajstić information content (AvgIpc) is 3.45. The second kappa shape index (κ2) is 12.6. The highest BCUT2D eigenvalue weighted by molar-refractivity contribution is 5.94. The minimum Gasteiger partial charge on any atom is -0.497 e. The summed E-state index contributed by atoms with van der Waals surface area (Å²) in [6.07, 6.45) is 5.11. The predicted octanol–water partition coefficient (Wildman–Crippen LogP) is 1.38. The Morgan fingerprint density at radius 2 is 2.09 bits per heavy atom. The number of carbonyl (C=O) groups is 2. The lowest BCUT2D eigenvalue weighted by molar-refractivity contribution is -0.173. The van der Waals surface area contributed by atoms with Gasteiger partial charge in [-0.15, -0.1) is 0 Å². The van der Waals surface area contributed by atoms with Crippen molar-refractivity contribution in [2.75, 3.05) is 46.9 Å². The number of ketones is 1. The maximum atomic E-state index is 14.5. The van der Waals surface area contributed by atoms with Crippen LogP contribution in [0.25, 0.3) is 0 Å². The predicted molar refractivity (Wildman–Crippen MR) is 159 cm³/mol. The number of benzene rings is 1. The van der Waals surface area contributed by atoms with Crippen molar-refractivity contribution >= 4 is 11.7 Å². The second-order valence-electron chi connectivity index (χ2n) is 12.7. The molecule has 0 radical (unpaired) electrons. The lowest BCUT2D eigenvalue weighted by atomic mass is 9.68. The first-order valence-electron chi connectivity index (χ1n) is 15.6. The summed E-state index contributed by atoms with van der Waals surface area (Å²) < 4.78 is 18.3. The monoisotopic (exact) mass is 592 g/mol. The lowest BCUT2D eigenvalue weighted by Crippen LogP contribution is -2.75. The highest BCUT2D eigenvalue weighted by Crippen LogP contribution is 2.42. The number of carbonyl (C=O) groups excluding carboxylic acids is 2. The van der Waals surface area contributed by atoms with Gasteiger partial charge in [0.05, 0.1) is 51.1 Å². The van der Waals surface area contributed by atoms with Crippen LogP contribution in [0.5, 0.6) is 5.75 Å². The van der Waals surface area contributed by atoms with Crippen molar-refractivity contribution in [3.8, 4) is 11.8 Å². The summed E-state index contributed by atoms with van der Waals surface area (Å²) in [5, 5.41) is 16.8. The first-order chi connectivity index (χ1) is 20.9. The molecule has 4 fully saturated rings. The number of Topliss-reactive ketones (excluding diaryl/α,β-unsaturated/α-hetero) is 1. The van der Waals surface area contributed by atoms with Gasteiger partial charge in [-0.05, 0) is 68.6 Å². The van der Waals surface area contributed by atoms with Crippen LogP contribution in [0.4, 0.5) is 0 Å². The highest BCUT2D eigenvalue weighted by Gasteiger charge is 2.56. The molecule has 1 amide bonds. The number of amides is 1. The third kappa shape index (κ3) is 5.84. The fourth-order valence-electron chi connectivity index (χ4n) is 7.82. The van der Waals surface area contributed by atoms with E-state index >= 15 is 0 Å². The zero-order valence-electron chi connectivity index (χ0n) is 25.3. The summed E-state index contributed by atoms with van der Waals surface area (Å²) in [6.45, 7) is 7.32. The van der Waals surface area contributed by atoms with E-state index in [0.717, 1.165) is 42.7 Å². The highest BCUT2D eigenvalue weighted by atomic mass is 16.5. The van der Waals surface area contributed by atoms with Crippen LogP contribution < -0.4 is 15.4 Å². The molecule has 1 spiro atoms. The Kier molecular flexibility index (Phi) is 8.87. The Hall–Kier alpha value is -2.85. The van der Waals surface area contributed by atoms with Gasteiger partial charge in [-0.2, -0.15) is 5.26 Å². The van der Waals surface area contributed by atoms with Crippen molar-refractivity contribution in [2.24, 2.45) is 5.92 Å². The fourth-order valence-corrected chi connectivity index (χ4v) is 7.82. The Labute approximate surface area is 254 Å². The third-order valence-electron chi connectivity index (χ3n) is 10.3. The number of likely N-dealkylation sites (N-methyl/N-ethyl adjacent to an activating group) is 1. The van der Waals surface area contributed by atoms with E-state index in [0.29, 0.717) is 51.7 Å². The zero-order chi connectivity index (χ0) is 30.1. The first-order valence-corrected chi connectivity index (χ1v) is 15.6. The third-order valence-corrected chi connectivity index (χ3v) is 10.3. The van der Waals surface area contributed by atoms with Gasteiger partial charge in [0.1, 0.15) is 11.4 Å². The maximum absolute atomic E-state index is 14.5. The maximum Gasteiger partial charge on any atom is 0.246 e. The molecule has 43 heavy (non-hydrogen) atoms. The summed E-state index contributed by atoms with van der Waals surface area (Å²) in [4.78, 5) is 33.4. The Morgan fingerprint density at radius 3 is 2.84 bits per heavy atom. The molecule has 7 atom stereocenters. The van der Waals surface area contributed by atoms with Gasteiger partial charge in [0.2, 0.25) is 5.91 Å². The molecule has 2 N–H and O–H groups in total. The molecule has 0 bridgehead atoms. The fraction of sp³-hybridized carbons (Fsp3) is 0.656. The molecule has 0 aromatic heterocycles. The molecule has 1 aromatic rings. The molecular weight excluding hydrogens is 548 g/mol. The normalized spacial score (nSPS) is 34.8. The molecule has 11 heteroatoms. The van der Waals surface area contributed by atoms with Gasteiger partial charge in [-0.25, -0.2) is 0 Å². The van der Waals surface area contributed by atoms with E-state index in [1.54, 1.807) is 12.0 Å². The summed E-state index contributed by atoms with van der Waals surface area (Å²) in [6, 6.07) is 7.91. The lowest BCUT2D eigenvalue weighted by Gasteiger charge is -2.55. The van der Waals surface area contributed by atoms with Gasteiger partial charge >= 0.3 is 0 Å². The van der Waals surface area contributed by atoms with Crippen molar-refractivity contribution in [3.63, 3.8) is 0 Å². The number of rotatable bonds is 7. The van der Waals surface area contributed by atoms with Gasteiger partial charge in [-0.1, -0.05) is 12.6 Å².